The first-order chi connectivity index (χ1) is 9.86. The average molecular weight is 301 g/mol. The van der Waals surface area contributed by atoms with Crippen LogP contribution in [0.15, 0.2) is 12.1 Å². The number of nitrogens with one attached hydrogen (secondary N) is 1. The lowest BCUT2D eigenvalue weighted by molar-refractivity contribution is -0.117. The van der Waals surface area contributed by atoms with Gasteiger partial charge in [0.15, 0.2) is 0 Å². The summed E-state index contributed by atoms with van der Waals surface area (Å²) in [6, 6.07) is 0.445. The molecule has 116 valence electrons. The maximum atomic E-state index is 13.6. The van der Waals surface area contributed by atoms with E-state index in [9.17, 15) is 18.4 Å². The van der Waals surface area contributed by atoms with E-state index >= 15 is 0 Å². The zero-order valence-corrected chi connectivity index (χ0v) is 11.5. The van der Waals surface area contributed by atoms with Gasteiger partial charge in [-0.1, -0.05) is 0 Å². The Morgan fingerprint density at radius 2 is 2.00 bits per heavy atom. The number of ether oxygens (including phenoxy) is 1. The number of anilines is 1. The fourth-order valence-corrected chi connectivity index (χ4v) is 1.64. The number of carbonyl (C=O) groups excluding carboxylic acids is 2. The van der Waals surface area contributed by atoms with Crippen LogP contribution < -0.4 is 16.8 Å². The van der Waals surface area contributed by atoms with Gasteiger partial charge in [-0.2, -0.15) is 0 Å². The van der Waals surface area contributed by atoms with Crippen LogP contribution in [0.4, 0.5) is 14.5 Å². The molecule has 1 aromatic carbocycles. The van der Waals surface area contributed by atoms with Gasteiger partial charge in [-0.15, -0.1) is 0 Å². The maximum Gasteiger partial charge on any atom is 0.251 e. The first kappa shape index (κ1) is 17.0. The SMILES string of the molecule is COCCCC(N)C(=O)Nc1cc(C(N)=O)c(F)cc1F. The molecule has 2 amide bonds. The molecule has 0 fully saturated rings. The van der Waals surface area contributed by atoms with Crippen molar-refractivity contribution in [2.24, 2.45) is 11.5 Å². The van der Waals surface area contributed by atoms with E-state index in [4.69, 9.17) is 16.2 Å². The number of hydrogen-bond acceptors (Lipinski definition) is 4. The van der Waals surface area contributed by atoms with Crippen molar-refractivity contribution in [1.82, 2.24) is 0 Å². The quantitative estimate of drug-likeness (QED) is 0.646. The van der Waals surface area contributed by atoms with Crippen LogP contribution in [0.1, 0.15) is 23.2 Å². The number of hydrogen-bond donors (Lipinski definition) is 3. The lowest BCUT2D eigenvalue weighted by Gasteiger charge is -2.13. The molecule has 8 heteroatoms. The van der Waals surface area contributed by atoms with E-state index in [0.717, 1.165) is 6.07 Å². The molecule has 0 bridgehead atoms. The zero-order valence-electron chi connectivity index (χ0n) is 11.5. The fraction of sp³-hybridized carbons (Fsp3) is 0.385. The van der Waals surface area contributed by atoms with Crippen molar-refractivity contribution in [2.75, 3.05) is 19.0 Å². The van der Waals surface area contributed by atoms with Crippen LogP contribution in [0.25, 0.3) is 0 Å². The molecule has 1 atom stereocenters. The monoisotopic (exact) mass is 301 g/mol. The van der Waals surface area contributed by atoms with E-state index in [1.807, 2.05) is 0 Å². The summed E-state index contributed by atoms with van der Waals surface area (Å²) in [6.45, 7) is 0.442. The first-order valence-electron chi connectivity index (χ1n) is 6.21. The molecule has 1 aromatic rings. The summed E-state index contributed by atoms with van der Waals surface area (Å²) in [6.07, 6.45) is 0.898. The average Bonchev–Trinajstić information content (AvgIpc) is 2.41. The van der Waals surface area contributed by atoms with Crippen molar-refractivity contribution in [1.29, 1.82) is 0 Å². The smallest absolute Gasteiger partial charge is 0.251 e. The second kappa shape index (κ2) is 7.65. The molecule has 0 radical (unpaired) electrons. The lowest BCUT2D eigenvalue weighted by atomic mass is 10.1. The Morgan fingerprint density at radius 3 is 2.57 bits per heavy atom. The van der Waals surface area contributed by atoms with E-state index in [2.05, 4.69) is 5.32 Å². The third-order valence-electron chi connectivity index (χ3n) is 2.78. The fourth-order valence-electron chi connectivity index (χ4n) is 1.64. The highest BCUT2D eigenvalue weighted by molar-refractivity contribution is 5.98. The molecule has 1 unspecified atom stereocenters. The van der Waals surface area contributed by atoms with Gasteiger partial charge in [0.2, 0.25) is 5.91 Å². The van der Waals surface area contributed by atoms with E-state index in [1.165, 1.54) is 7.11 Å². The Balaban J connectivity index is 2.80. The van der Waals surface area contributed by atoms with Crippen LogP contribution >= 0.6 is 0 Å². The Kier molecular flexibility index (Phi) is 6.19. The zero-order chi connectivity index (χ0) is 16.0. The summed E-state index contributed by atoms with van der Waals surface area (Å²) in [5, 5.41) is 2.21. The highest BCUT2D eigenvalue weighted by atomic mass is 19.1. The summed E-state index contributed by atoms with van der Waals surface area (Å²) in [5.41, 5.74) is 9.72. The van der Waals surface area contributed by atoms with Crippen LogP contribution in [-0.2, 0) is 9.53 Å². The second-order valence-corrected chi connectivity index (χ2v) is 4.41. The number of amides is 2. The van der Waals surface area contributed by atoms with Crippen molar-refractivity contribution in [3.05, 3.63) is 29.3 Å². The Morgan fingerprint density at radius 1 is 1.33 bits per heavy atom. The molecule has 0 saturated heterocycles. The summed E-state index contributed by atoms with van der Waals surface area (Å²) >= 11 is 0. The molecular formula is C13H17F2N3O3. The van der Waals surface area contributed by atoms with E-state index in [-0.39, 0.29) is 5.69 Å². The van der Waals surface area contributed by atoms with Crippen LogP contribution in [0.5, 0.6) is 0 Å². The largest absolute Gasteiger partial charge is 0.385 e. The van der Waals surface area contributed by atoms with E-state index in [0.29, 0.717) is 25.5 Å². The van der Waals surface area contributed by atoms with Gasteiger partial charge in [0.1, 0.15) is 11.6 Å². The third-order valence-corrected chi connectivity index (χ3v) is 2.78. The number of methoxy groups -OCH3 is 1. The summed E-state index contributed by atoms with van der Waals surface area (Å²) in [5.74, 6) is -3.82. The number of carbonyl (C=O) groups is 2. The van der Waals surface area contributed by atoms with E-state index in [1.54, 1.807) is 0 Å². The van der Waals surface area contributed by atoms with Crippen molar-refractivity contribution in [2.45, 2.75) is 18.9 Å². The van der Waals surface area contributed by atoms with Gasteiger partial charge in [0.05, 0.1) is 17.3 Å². The van der Waals surface area contributed by atoms with Crippen LogP contribution in [0.3, 0.4) is 0 Å². The molecule has 0 heterocycles. The second-order valence-electron chi connectivity index (χ2n) is 4.41. The summed E-state index contributed by atoms with van der Waals surface area (Å²) in [4.78, 5) is 22.8. The highest BCUT2D eigenvalue weighted by Gasteiger charge is 2.18. The number of rotatable bonds is 7. The Hall–Kier alpha value is -2.06. The van der Waals surface area contributed by atoms with Crippen molar-refractivity contribution in [3.63, 3.8) is 0 Å². The van der Waals surface area contributed by atoms with Crippen molar-refractivity contribution < 1.29 is 23.1 Å². The molecular weight excluding hydrogens is 284 g/mol. The normalized spacial score (nSPS) is 12.0. The standard InChI is InChI=1S/C13H17F2N3O3/c1-21-4-2-3-10(16)13(20)18-11-5-7(12(17)19)8(14)6-9(11)15/h5-6,10H,2-4,16H2,1H3,(H2,17,19)(H,18,20). The molecule has 0 aromatic heterocycles. The minimum absolute atomic E-state index is 0.338. The topological polar surface area (TPSA) is 107 Å². The first-order valence-corrected chi connectivity index (χ1v) is 6.21. The lowest BCUT2D eigenvalue weighted by Crippen LogP contribution is -2.36. The number of benzene rings is 1. The maximum absolute atomic E-state index is 13.6. The van der Waals surface area contributed by atoms with Gasteiger partial charge in [-0.3, -0.25) is 9.59 Å². The molecule has 0 aliphatic heterocycles. The van der Waals surface area contributed by atoms with Gasteiger partial charge in [0.25, 0.3) is 5.91 Å². The Bertz CT molecular complexity index is 538. The van der Waals surface area contributed by atoms with Crippen LogP contribution in [-0.4, -0.2) is 31.6 Å². The van der Waals surface area contributed by atoms with Gasteiger partial charge in [0, 0.05) is 19.8 Å². The van der Waals surface area contributed by atoms with Crippen LogP contribution in [0, 0.1) is 11.6 Å². The molecule has 1 rings (SSSR count). The number of nitrogens with two attached hydrogens (primary N) is 2. The predicted octanol–water partition coefficient (Wildman–Crippen LogP) is 0.756. The predicted molar refractivity (Wildman–Crippen MR) is 72.6 cm³/mol. The summed E-state index contributed by atoms with van der Waals surface area (Å²) in [7, 11) is 1.52. The minimum Gasteiger partial charge on any atom is -0.385 e. The molecule has 0 aliphatic carbocycles. The molecule has 0 saturated carbocycles. The van der Waals surface area contributed by atoms with E-state index < -0.39 is 35.1 Å². The molecule has 6 nitrogen and oxygen atoms in total. The third kappa shape index (κ3) is 4.76. The van der Waals surface area contributed by atoms with Gasteiger partial charge in [-0.25, -0.2) is 8.78 Å². The van der Waals surface area contributed by atoms with Crippen LogP contribution in [0.2, 0.25) is 0 Å². The molecule has 5 N–H and O–H groups in total. The highest BCUT2D eigenvalue weighted by Crippen LogP contribution is 2.19. The molecule has 0 aliphatic rings. The Labute approximate surface area is 120 Å². The van der Waals surface area contributed by atoms with Crippen molar-refractivity contribution in [3.8, 4) is 0 Å². The van der Waals surface area contributed by atoms with Crippen molar-refractivity contribution >= 4 is 17.5 Å². The minimum atomic E-state index is -1.10. The van der Waals surface area contributed by atoms with Gasteiger partial charge < -0.3 is 21.5 Å². The molecule has 21 heavy (non-hydrogen) atoms. The molecule has 0 spiro atoms. The van der Waals surface area contributed by atoms with Gasteiger partial charge >= 0.3 is 0 Å². The number of primary amides is 1. The summed E-state index contributed by atoms with van der Waals surface area (Å²) < 4.78 is 31.7. The number of halogens is 2. The van der Waals surface area contributed by atoms with Gasteiger partial charge in [-0.05, 0) is 18.9 Å².